The third kappa shape index (κ3) is 2.42. The van der Waals surface area contributed by atoms with Gasteiger partial charge in [0.1, 0.15) is 6.23 Å². The van der Waals surface area contributed by atoms with Crippen molar-refractivity contribution in [2.75, 3.05) is 31.3 Å². The predicted molar refractivity (Wildman–Crippen MR) is 103 cm³/mol. The first-order valence-electron chi connectivity index (χ1n) is 9.10. The lowest BCUT2D eigenvalue weighted by molar-refractivity contribution is 0.0224. The van der Waals surface area contributed by atoms with Crippen LogP contribution in [0, 0.1) is 0 Å². The first-order chi connectivity index (χ1) is 12.7. The van der Waals surface area contributed by atoms with E-state index in [4.69, 9.17) is 9.72 Å². The minimum Gasteiger partial charge on any atom is -0.357 e. The maximum atomic E-state index is 6.14. The monoisotopic (exact) mass is 415 g/mol. The van der Waals surface area contributed by atoms with Crippen molar-refractivity contribution in [1.82, 2.24) is 19.3 Å². The number of hydrogen-bond donors (Lipinski definition) is 1. The molecule has 3 aliphatic rings. The van der Waals surface area contributed by atoms with Gasteiger partial charge in [-0.3, -0.25) is 9.88 Å². The van der Waals surface area contributed by atoms with Gasteiger partial charge in [0.2, 0.25) is 0 Å². The molecule has 2 saturated heterocycles. The number of aromatic nitrogens is 1. The molecule has 4 heterocycles. The summed E-state index contributed by atoms with van der Waals surface area (Å²) in [6.07, 6.45) is 2.89. The number of anilines is 1. The number of benzene rings is 1. The van der Waals surface area contributed by atoms with Crippen LogP contribution >= 0.6 is 16.1 Å². The molecule has 0 bridgehead atoms. The summed E-state index contributed by atoms with van der Waals surface area (Å²) in [6, 6.07) is 12.9. The Morgan fingerprint density at radius 3 is 3.08 bits per heavy atom. The number of ether oxygens (including phenoxy) is 1. The summed E-state index contributed by atoms with van der Waals surface area (Å²) < 4.78 is 8.11. The molecule has 2 atom stereocenters. The van der Waals surface area contributed by atoms with Crippen LogP contribution in [-0.2, 0) is 16.8 Å². The maximum Gasteiger partial charge on any atom is 0.162 e. The number of pyridine rings is 1. The molecule has 0 saturated carbocycles. The number of nitrogens with zero attached hydrogens (tertiary/aromatic N) is 4. The SMILES string of the molecule is CCc1ccc2c(c1)N1CN(Br)NC1(c1ccccn1)CN1CCOC21. The molecule has 2 aromatic rings. The van der Waals surface area contributed by atoms with E-state index in [0.29, 0.717) is 0 Å². The highest BCUT2D eigenvalue weighted by Crippen LogP contribution is 2.46. The number of hydrazine groups is 1. The molecule has 0 radical (unpaired) electrons. The summed E-state index contributed by atoms with van der Waals surface area (Å²) in [5, 5.41) is 0. The van der Waals surface area contributed by atoms with Gasteiger partial charge < -0.3 is 9.64 Å². The summed E-state index contributed by atoms with van der Waals surface area (Å²) in [6.45, 7) is 5.40. The third-order valence-corrected chi connectivity index (χ3v) is 6.00. The van der Waals surface area contributed by atoms with Crippen LogP contribution in [0.15, 0.2) is 42.6 Å². The highest BCUT2D eigenvalue weighted by molar-refractivity contribution is 9.07. The molecular weight excluding hydrogens is 394 g/mol. The van der Waals surface area contributed by atoms with Crippen molar-refractivity contribution in [3.8, 4) is 0 Å². The van der Waals surface area contributed by atoms with Crippen LogP contribution in [0.3, 0.4) is 0 Å². The van der Waals surface area contributed by atoms with Crippen LogP contribution in [0.1, 0.15) is 30.0 Å². The second-order valence-electron chi connectivity index (χ2n) is 7.06. The minimum atomic E-state index is -0.436. The van der Waals surface area contributed by atoms with Gasteiger partial charge in [-0.2, -0.15) is 4.03 Å². The molecule has 26 heavy (non-hydrogen) atoms. The van der Waals surface area contributed by atoms with Gasteiger partial charge in [-0.15, -0.1) is 0 Å². The van der Waals surface area contributed by atoms with Gasteiger partial charge in [-0.1, -0.05) is 25.1 Å². The van der Waals surface area contributed by atoms with Crippen LogP contribution in [0.2, 0.25) is 0 Å². The van der Waals surface area contributed by atoms with Crippen LogP contribution in [0.5, 0.6) is 0 Å². The highest BCUT2D eigenvalue weighted by atomic mass is 79.9. The average molecular weight is 416 g/mol. The van der Waals surface area contributed by atoms with Crippen molar-refractivity contribution >= 4 is 21.8 Å². The molecule has 1 N–H and O–H groups in total. The summed E-state index contributed by atoms with van der Waals surface area (Å²) in [4.78, 5) is 9.55. The zero-order valence-electron chi connectivity index (χ0n) is 14.7. The molecule has 1 aromatic heterocycles. The maximum absolute atomic E-state index is 6.14. The molecule has 0 aliphatic carbocycles. The fourth-order valence-electron chi connectivity index (χ4n) is 4.33. The van der Waals surface area contributed by atoms with Crippen LogP contribution in [0.4, 0.5) is 5.69 Å². The Kier molecular flexibility index (Phi) is 4.02. The van der Waals surface area contributed by atoms with E-state index in [1.54, 1.807) is 0 Å². The number of fused-ring (bicyclic) bond motifs is 5. The Morgan fingerprint density at radius 2 is 2.27 bits per heavy atom. The van der Waals surface area contributed by atoms with Crippen molar-refractivity contribution < 1.29 is 4.74 Å². The topological polar surface area (TPSA) is 43.9 Å². The Balaban J connectivity index is 1.74. The average Bonchev–Trinajstić information content (AvgIpc) is 3.24. The smallest absolute Gasteiger partial charge is 0.162 e. The Morgan fingerprint density at radius 1 is 1.35 bits per heavy atom. The van der Waals surface area contributed by atoms with Crippen LogP contribution in [0.25, 0.3) is 0 Å². The highest BCUT2D eigenvalue weighted by Gasteiger charge is 2.52. The lowest BCUT2D eigenvalue weighted by Crippen LogP contribution is -2.56. The molecule has 136 valence electrons. The van der Waals surface area contributed by atoms with Crippen molar-refractivity contribution in [2.45, 2.75) is 25.2 Å². The predicted octanol–water partition coefficient (Wildman–Crippen LogP) is 2.74. The fraction of sp³-hybridized carbons (Fsp3) is 0.421. The Labute approximate surface area is 162 Å². The molecule has 2 unspecified atom stereocenters. The van der Waals surface area contributed by atoms with Crippen LogP contribution in [-0.4, -0.2) is 40.3 Å². The van der Waals surface area contributed by atoms with Gasteiger partial charge in [-0.05, 0) is 30.2 Å². The number of rotatable bonds is 2. The first-order valence-corrected chi connectivity index (χ1v) is 9.81. The molecule has 3 aliphatic heterocycles. The van der Waals surface area contributed by atoms with E-state index in [0.717, 1.165) is 38.5 Å². The second kappa shape index (κ2) is 6.28. The minimum absolute atomic E-state index is 0.00710. The number of hydrogen-bond acceptors (Lipinski definition) is 6. The molecule has 2 fully saturated rings. The molecule has 0 amide bonds. The summed E-state index contributed by atoms with van der Waals surface area (Å²) >= 11 is 3.65. The van der Waals surface area contributed by atoms with Gasteiger partial charge in [0, 0.05) is 46.7 Å². The van der Waals surface area contributed by atoms with Gasteiger partial charge in [0.25, 0.3) is 0 Å². The van der Waals surface area contributed by atoms with E-state index in [1.807, 2.05) is 16.3 Å². The lowest BCUT2D eigenvalue weighted by atomic mass is 10.0. The van der Waals surface area contributed by atoms with Crippen molar-refractivity contribution in [2.24, 2.45) is 0 Å². The van der Waals surface area contributed by atoms with Gasteiger partial charge in [0.05, 0.1) is 19.0 Å². The van der Waals surface area contributed by atoms with Crippen LogP contribution < -0.4 is 10.3 Å². The molecule has 5 rings (SSSR count). The largest absolute Gasteiger partial charge is 0.357 e. The Hall–Kier alpha value is -1.51. The van der Waals surface area contributed by atoms with Crippen molar-refractivity contribution in [3.63, 3.8) is 0 Å². The third-order valence-electron chi connectivity index (χ3n) is 5.60. The number of halogens is 1. The summed E-state index contributed by atoms with van der Waals surface area (Å²) in [7, 11) is 0. The van der Waals surface area contributed by atoms with E-state index < -0.39 is 5.66 Å². The molecule has 6 nitrogen and oxygen atoms in total. The van der Waals surface area contributed by atoms with Crippen molar-refractivity contribution in [1.29, 1.82) is 0 Å². The Bertz CT molecular complexity index is 819. The number of aryl methyl sites for hydroxylation is 1. The normalized spacial score (nSPS) is 28.5. The molecule has 7 heteroatoms. The quantitative estimate of drug-likeness (QED) is 0.760. The van der Waals surface area contributed by atoms with E-state index in [-0.39, 0.29) is 6.23 Å². The summed E-state index contributed by atoms with van der Waals surface area (Å²) in [5.74, 6) is 0. The molecule has 1 aromatic carbocycles. The first kappa shape index (κ1) is 16.6. The number of nitrogens with one attached hydrogen (secondary N) is 1. The molecule has 0 spiro atoms. The van der Waals surface area contributed by atoms with Crippen molar-refractivity contribution in [3.05, 3.63) is 59.4 Å². The zero-order chi connectivity index (χ0) is 17.7. The second-order valence-corrected chi connectivity index (χ2v) is 7.92. The van der Waals surface area contributed by atoms with E-state index in [1.165, 1.54) is 16.8 Å². The molecular formula is C19H22BrN5O. The lowest BCUT2D eigenvalue weighted by Gasteiger charge is -2.38. The van der Waals surface area contributed by atoms with Gasteiger partial charge in [0.15, 0.2) is 5.66 Å². The van der Waals surface area contributed by atoms with Gasteiger partial charge in [-0.25, -0.2) is 5.43 Å². The fourth-order valence-corrected chi connectivity index (χ4v) is 4.84. The standard InChI is InChI=1S/C19H22BrN5O/c1-2-14-6-7-15-16(11-14)24-13-25(20)22-19(24,17-5-3-4-8-21-17)12-23-9-10-26-18(15)23/h3-8,11,18,22H,2,9-10,12-13H2,1H3. The van der Waals surface area contributed by atoms with Gasteiger partial charge >= 0.3 is 0 Å². The van der Waals surface area contributed by atoms with E-state index >= 15 is 0 Å². The zero-order valence-corrected chi connectivity index (χ0v) is 16.3. The summed E-state index contributed by atoms with van der Waals surface area (Å²) in [5.41, 5.74) is 8.00. The van der Waals surface area contributed by atoms with E-state index in [9.17, 15) is 0 Å². The van der Waals surface area contributed by atoms with E-state index in [2.05, 4.69) is 68.6 Å².